The lowest BCUT2D eigenvalue weighted by molar-refractivity contribution is 0.146. The van der Waals surface area contributed by atoms with Gasteiger partial charge in [-0.3, -0.25) is 0 Å². The van der Waals surface area contributed by atoms with Crippen LogP contribution in [0.1, 0.15) is 31.4 Å². The Labute approximate surface area is 109 Å². The van der Waals surface area contributed by atoms with Gasteiger partial charge >= 0.3 is 0 Å². The second-order valence-corrected chi connectivity index (χ2v) is 4.74. The SMILES string of the molecule is CCOCCNC(c1ccc(OC)cc1)C1CC1. The Bertz CT molecular complexity index is 346. The van der Waals surface area contributed by atoms with Crippen LogP contribution in [0.3, 0.4) is 0 Å². The number of hydrogen-bond acceptors (Lipinski definition) is 3. The molecule has 1 aromatic carbocycles. The summed E-state index contributed by atoms with van der Waals surface area (Å²) in [5.74, 6) is 1.71. The molecule has 1 fully saturated rings. The zero-order valence-corrected chi connectivity index (χ0v) is 11.3. The number of ether oxygens (including phenoxy) is 2. The molecular formula is C15H23NO2. The zero-order valence-electron chi connectivity index (χ0n) is 11.3. The van der Waals surface area contributed by atoms with Gasteiger partial charge in [-0.25, -0.2) is 0 Å². The van der Waals surface area contributed by atoms with E-state index in [2.05, 4.69) is 17.4 Å². The molecule has 1 unspecified atom stereocenters. The molecule has 0 saturated heterocycles. The maximum absolute atomic E-state index is 5.37. The Kier molecular flexibility index (Phi) is 5.02. The first-order valence-electron chi connectivity index (χ1n) is 6.80. The van der Waals surface area contributed by atoms with Crippen LogP contribution >= 0.6 is 0 Å². The van der Waals surface area contributed by atoms with Crippen molar-refractivity contribution in [2.24, 2.45) is 5.92 Å². The molecular weight excluding hydrogens is 226 g/mol. The Morgan fingerprint density at radius 3 is 2.56 bits per heavy atom. The molecule has 3 nitrogen and oxygen atoms in total. The first kappa shape index (κ1) is 13.4. The van der Waals surface area contributed by atoms with E-state index in [1.807, 2.05) is 19.1 Å². The van der Waals surface area contributed by atoms with Crippen LogP contribution in [0.4, 0.5) is 0 Å². The van der Waals surface area contributed by atoms with Gasteiger partial charge in [0, 0.05) is 19.2 Å². The highest BCUT2D eigenvalue weighted by Crippen LogP contribution is 2.41. The molecule has 1 aliphatic carbocycles. The molecule has 18 heavy (non-hydrogen) atoms. The van der Waals surface area contributed by atoms with Crippen LogP contribution < -0.4 is 10.1 Å². The minimum Gasteiger partial charge on any atom is -0.497 e. The summed E-state index contributed by atoms with van der Waals surface area (Å²) >= 11 is 0. The molecule has 2 rings (SSSR count). The van der Waals surface area contributed by atoms with E-state index in [1.54, 1.807) is 7.11 Å². The first-order chi connectivity index (χ1) is 8.85. The van der Waals surface area contributed by atoms with Crippen LogP contribution in [0, 0.1) is 5.92 Å². The van der Waals surface area contributed by atoms with E-state index in [0.717, 1.165) is 31.4 Å². The molecule has 1 aliphatic rings. The van der Waals surface area contributed by atoms with Gasteiger partial charge in [0.05, 0.1) is 13.7 Å². The standard InChI is InChI=1S/C15H23NO2/c1-3-18-11-10-16-15(12-4-5-12)13-6-8-14(17-2)9-7-13/h6-9,12,15-16H,3-5,10-11H2,1-2H3. The van der Waals surface area contributed by atoms with Crippen molar-refractivity contribution in [3.63, 3.8) is 0 Å². The highest BCUT2D eigenvalue weighted by Gasteiger charge is 2.31. The smallest absolute Gasteiger partial charge is 0.118 e. The van der Waals surface area contributed by atoms with E-state index >= 15 is 0 Å². The quantitative estimate of drug-likeness (QED) is 0.719. The van der Waals surface area contributed by atoms with Crippen LogP contribution in [0.15, 0.2) is 24.3 Å². The van der Waals surface area contributed by atoms with Crippen LogP contribution in [-0.4, -0.2) is 26.9 Å². The van der Waals surface area contributed by atoms with Gasteiger partial charge < -0.3 is 14.8 Å². The molecule has 1 atom stereocenters. The summed E-state index contributed by atoms with van der Waals surface area (Å²) < 4.78 is 10.6. The third-order valence-corrected chi connectivity index (χ3v) is 3.38. The number of rotatable bonds is 8. The average molecular weight is 249 g/mol. The van der Waals surface area contributed by atoms with Crippen molar-refractivity contribution in [1.82, 2.24) is 5.32 Å². The highest BCUT2D eigenvalue weighted by molar-refractivity contribution is 5.30. The minimum atomic E-state index is 0.469. The van der Waals surface area contributed by atoms with Gasteiger partial charge in [-0.15, -0.1) is 0 Å². The summed E-state index contributed by atoms with van der Waals surface area (Å²) in [6.45, 7) is 4.52. The van der Waals surface area contributed by atoms with Gasteiger partial charge in [0.1, 0.15) is 5.75 Å². The maximum atomic E-state index is 5.37. The maximum Gasteiger partial charge on any atom is 0.118 e. The summed E-state index contributed by atoms with van der Waals surface area (Å²) in [4.78, 5) is 0. The van der Waals surface area contributed by atoms with E-state index in [9.17, 15) is 0 Å². The molecule has 0 bridgehead atoms. The largest absolute Gasteiger partial charge is 0.497 e. The number of benzene rings is 1. The summed E-state index contributed by atoms with van der Waals surface area (Å²) in [7, 11) is 1.70. The molecule has 0 aliphatic heterocycles. The van der Waals surface area contributed by atoms with Gasteiger partial charge in [0.2, 0.25) is 0 Å². The van der Waals surface area contributed by atoms with Crippen molar-refractivity contribution < 1.29 is 9.47 Å². The normalized spacial score (nSPS) is 16.6. The van der Waals surface area contributed by atoms with E-state index in [-0.39, 0.29) is 0 Å². The molecule has 0 amide bonds. The van der Waals surface area contributed by atoms with Gasteiger partial charge in [-0.1, -0.05) is 12.1 Å². The molecule has 1 aromatic rings. The Balaban J connectivity index is 1.91. The Morgan fingerprint density at radius 1 is 1.28 bits per heavy atom. The second kappa shape index (κ2) is 6.76. The lowest BCUT2D eigenvalue weighted by atomic mass is 10.0. The van der Waals surface area contributed by atoms with Gasteiger partial charge in [-0.05, 0) is 43.4 Å². The van der Waals surface area contributed by atoms with Crippen molar-refractivity contribution in [3.8, 4) is 5.75 Å². The molecule has 100 valence electrons. The lowest BCUT2D eigenvalue weighted by Crippen LogP contribution is -2.26. The fourth-order valence-electron chi connectivity index (χ4n) is 2.23. The molecule has 0 spiro atoms. The Hall–Kier alpha value is -1.06. The summed E-state index contributed by atoms with van der Waals surface area (Å²) in [5, 5.41) is 3.60. The first-order valence-corrected chi connectivity index (χ1v) is 6.80. The van der Waals surface area contributed by atoms with Crippen LogP contribution in [-0.2, 0) is 4.74 Å². The van der Waals surface area contributed by atoms with Gasteiger partial charge in [0.15, 0.2) is 0 Å². The topological polar surface area (TPSA) is 30.5 Å². The van der Waals surface area contributed by atoms with Gasteiger partial charge in [0.25, 0.3) is 0 Å². The molecule has 3 heteroatoms. The van der Waals surface area contributed by atoms with Crippen LogP contribution in [0.2, 0.25) is 0 Å². The van der Waals surface area contributed by atoms with E-state index < -0.39 is 0 Å². The van der Waals surface area contributed by atoms with Crippen molar-refractivity contribution in [1.29, 1.82) is 0 Å². The van der Waals surface area contributed by atoms with Crippen LogP contribution in [0.25, 0.3) is 0 Å². The van der Waals surface area contributed by atoms with Gasteiger partial charge in [-0.2, -0.15) is 0 Å². The number of methoxy groups -OCH3 is 1. The molecule has 1 saturated carbocycles. The number of hydrogen-bond donors (Lipinski definition) is 1. The van der Waals surface area contributed by atoms with E-state index in [0.29, 0.717) is 6.04 Å². The average Bonchev–Trinajstić information content (AvgIpc) is 3.24. The minimum absolute atomic E-state index is 0.469. The third kappa shape index (κ3) is 3.72. The molecule has 1 N–H and O–H groups in total. The van der Waals surface area contributed by atoms with E-state index in [1.165, 1.54) is 18.4 Å². The molecule has 0 radical (unpaired) electrons. The second-order valence-electron chi connectivity index (χ2n) is 4.74. The van der Waals surface area contributed by atoms with Crippen molar-refractivity contribution in [2.45, 2.75) is 25.8 Å². The predicted molar refractivity (Wildman–Crippen MR) is 73.0 cm³/mol. The summed E-state index contributed by atoms with van der Waals surface area (Å²) in [5.41, 5.74) is 1.36. The van der Waals surface area contributed by atoms with Crippen molar-refractivity contribution >= 4 is 0 Å². The van der Waals surface area contributed by atoms with E-state index in [4.69, 9.17) is 9.47 Å². The Morgan fingerprint density at radius 2 is 2.00 bits per heavy atom. The highest BCUT2D eigenvalue weighted by atomic mass is 16.5. The zero-order chi connectivity index (χ0) is 12.8. The van der Waals surface area contributed by atoms with Crippen molar-refractivity contribution in [3.05, 3.63) is 29.8 Å². The fraction of sp³-hybridized carbons (Fsp3) is 0.600. The van der Waals surface area contributed by atoms with Crippen LogP contribution in [0.5, 0.6) is 5.75 Å². The number of nitrogens with one attached hydrogen (secondary N) is 1. The third-order valence-electron chi connectivity index (χ3n) is 3.38. The molecule has 0 heterocycles. The fourth-order valence-corrected chi connectivity index (χ4v) is 2.23. The molecule has 0 aromatic heterocycles. The van der Waals surface area contributed by atoms with Crippen molar-refractivity contribution in [2.75, 3.05) is 26.9 Å². The summed E-state index contributed by atoms with van der Waals surface area (Å²) in [6, 6.07) is 8.87. The predicted octanol–water partition coefficient (Wildman–Crippen LogP) is 2.77. The summed E-state index contributed by atoms with van der Waals surface area (Å²) in [6.07, 6.45) is 2.66. The monoisotopic (exact) mass is 249 g/mol. The lowest BCUT2D eigenvalue weighted by Gasteiger charge is -2.19.